The Bertz CT molecular complexity index is 1840. The highest BCUT2D eigenvalue weighted by molar-refractivity contribution is 7.47. The van der Waals surface area contributed by atoms with Crippen LogP contribution in [0.4, 0.5) is 0 Å². The highest BCUT2D eigenvalue weighted by atomic mass is 31.2. The molecule has 0 aliphatic carbocycles. The summed E-state index contributed by atoms with van der Waals surface area (Å²) in [6.07, 6.45) is 59.5. The summed E-state index contributed by atoms with van der Waals surface area (Å²) in [6, 6.07) is 0. The van der Waals surface area contributed by atoms with E-state index >= 15 is 0 Å². The van der Waals surface area contributed by atoms with Crippen LogP contribution in [0.2, 0.25) is 0 Å². The Morgan fingerprint density at radius 2 is 0.479 bits per heavy atom. The number of phosphoric ester groups is 2. The Morgan fingerprint density at radius 1 is 0.281 bits per heavy atom. The van der Waals surface area contributed by atoms with Gasteiger partial charge in [0.1, 0.15) is 19.3 Å². The first kappa shape index (κ1) is 94.1. The molecule has 0 aliphatic rings. The number of hydrogen-bond donors (Lipinski definition) is 3. The van der Waals surface area contributed by atoms with Crippen LogP contribution in [-0.4, -0.2) is 96.7 Å². The van der Waals surface area contributed by atoms with E-state index in [4.69, 9.17) is 37.0 Å². The van der Waals surface area contributed by atoms with Crippen molar-refractivity contribution in [1.29, 1.82) is 0 Å². The third-order valence-corrected chi connectivity index (χ3v) is 19.9. The first-order valence-corrected chi connectivity index (χ1v) is 43.1. The molecule has 0 saturated carbocycles. The lowest BCUT2D eigenvalue weighted by Crippen LogP contribution is -2.30. The Labute approximate surface area is 588 Å². The number of hydrogen-bond acceptors (Lipinski definition) is 15. The highest BCUT2D eigenvalue weighted by Crippen LogP contribution is 2.45. The summed E-state index contributed by atoms with van der Waals surface area (Å²) in [5.41, 5.74) is 0. The van der Waals surface area contributed by atoms with Crippen molar-refractivity contribution in [2.24, 2.45) is 5.92 Å². The van der Waals surface area contributed by atoms with Crippen LogP contribution >= 0.6 is 15.6 Å². The minimum atomic E-state index is -4.96. The molecule has 17 nitrogen and oxygen atoms in total. The Kier molecular flexibility index (Phi) is 68.7. The second kappa shape index (κ2) is 70.1. The second-order valence-corrected chi connectivity index (χ2v) is 31.1. The minimum Gasteiger partial charge on any atom is -0.462 e. The van der Waals surface area contributed by atoms with Crippen LogP contribution in [0.15, 0.2) is 0 Å². The predicted octanol–water partition coefficient (Wildman–Crippen LogP) is 22.9. The van der Waals surface area contributed by atoms with Crippen molar-refractivity contribution in [3.63, 3.8) is 0 Å². The predicted molar refractivity (Wildman–Crippen MR) is 391 cm³/mol. The first-order chi connectivity index (χ1) is 46.5. The number of phosphoric acid groups is 2. The molecule has 96 heavy (non-hydrogen) atoms. The van der Waals surface area contributed by atoms with Crippen molar-refractivity contribution in [1.82, 2.24) is 0 Å². The van der Waals surface area contributed by atoms with Crippen molar-refractivity contribution in [2.45, 2.75) is 425 Å². The fourth-order valence-corrected chi connectivity index (χ4v) is 13.5. The number of carbonyl (C=O) groups excluding carboxylic acids is 4. The molecular weight excluding hydrogens is 1260 g/mol. The van der Waals surface area contributed by atoms with Gasteiger partial charge in [0.2, 0.25) is 0 Å². The molecule has 0 aromatic heterocycles. The van der Waals surface area contributed by atoms with E-state index in [9.17, 15) is 43.2 Å². The summed E-state index contributed by atoms with van der Waals surface area (Å²) in [7, 11) is -9.91. The van der Waals surface area contributed by atoms with Gasteiger partial charge >= 0.3 is 39.5 Å². The van der Waals surface area contributed by atoms with Gasteiger partial charge in [-0.3, -0.25) is 37.3 Å². The summed E-state index contributed by atoms with van der Waals surface area (Å²) in [5, 5.41) is 10.6. The SMILES string of the molecule is CCCCCCCCCCCCCCCCCCC(=O)O[C@H](COC(=O)CCCCCCCCCCCCCCC(C)C)COP(=O)(O)OC[C@@H](O)COP(=O)(O)OC[C@@H](COC(=O)CCCCCCCCCCCC)OC(=O)CCCCCCCCCCCCCCCCC. The van der Waals surface area contributed by atoms with E-state index in [0.717, 1.165) is 95.8 Å². The lowest BCUT2D eigenvalue weighted by atomic mass is 10.0. The van der Waals surface area contributed by atoms with Gasteiger partial charge in [-0.1, -0.05) is 356 Å². The Morgan fingerprint density at radius 3 is 0.708 bits per heavy atom. The van der Waals surface area contributed by atoms with Crippen LogP contribution in [0, 0.1) is 5.92 Å². The summed E-state index contributed by atoms with van der Waals surface area (Å²) in [5.74, 6) is -1.33. The van der Waals surface area contributed by atoms with Crippen LogP contribution in [0.3, 0.4) is 0 Å². The minimum absolute atomic E-state index is 0.109. The van der Waals surface area contributed by atoms with E-state index in [-0.39, 0.29) is 25.7 Å². The average molecular weight is 1410 g/mol. The molecule has 0 heterocycles. The summed E-state index contributed by atoms with van der Waals surface area (Å²) < 4.78 is 68.6. The molecule has 2 unspecified atom stereocenters. The van der Waals surface area contributed by atoms with Crippen LogP contribution in [0.25, 0.3) is 0 Å². The van der Waals surface area contributed by atoms with Gasteiger partial charge < -0.3 is 33.8 Å². The number of carbonyl (C=O) groups is 4. The van der Waals surface area contributed by atoms with E-state index in [0.29, 0.717) is 25.7 Å². The van der Waals surface area contributed by atoms with Gasteiger partial charge in [0, 0.05) is 25.7 Å². The third-order valence-electron chi connectivity index (χ3n) is 18.0. The smallest absolute Gasteiger partial charge is 0.462 e. The van der Waals surface area contributed by atoms with E-state index in [2.05, 4.69) is 34.6 Å². The fourth-order valence-electron chi connectivity index (χ4n) is 11.9. The standard InChI is InChI=1S/C77H150O17P2/c1-6-9-12-15-18-21-24-26-28-30-32-38-43-48-53-58-63-77(82)94-73(67-88-75(80)61-56-51-46-41-36-34-33-35-39-44-49-54-59-70(4)5)69-92-96(85,86)90-65-71(78)64-89-95(83,84)91-68-72(66-87-74(79)60-55-50-45-40-23-20-17-14-11-8-3)93-76(81)62-57-52-47-42-37-31-29-27-25-22-19-16-13-10-7-2/h70-73,78H,6-69H2,1-5H3,(H,83,84)(H,85,86)/t71-,72+,73+/m0/s1. The van der Waals surface area contributed by atoms with E-state index < -0.39 is 97.5 Å². The highest BCUT2D eigenvalue weighted by Gasteiger charge is 2.30. The molecule has 0 bridgehead atoms. The molecule has 0 radical (unpaired) electrons. The zero-order valence-corrected chi connectivity index (χ0v) is 64.3. The molecule has 570 valence electrons. The monoisotopic (exact) mass is 1410 g/mol. The largest absolute Gasteiger partial charge is 0.472 e. The zero-order chi connectivity index (χ0) is 70.5. The molecule has 0 fully saturated rings. The van der Waals surface area contributed by atoms with Crippen molar-refractivity contribution >= 4 is 39.5 Å². The lowest BCUT2D eigenvalue weighted by molar-refractivity contribution is -0.161. The van der Waals surface area contributed by atoms with Gasteiger partial charge in [-0.25, -0.2) is 9.13 Å². The summed E-state index contributed by atoms with van der Waals surface area (Å²) in [4.78, 5) is 72.9. The molecule has 0 aromatic rings. The molecule has 19 heteroatoms. The summed E-state index contributed by atoms with van der Waals surface area (Å²) in [6.45, 7) is 7.32. The molecule has 3 N–H and O–H groups in total. The van der Waals surface area contributed by atoms with E-state index in [1.165, 1.54) is 231 Å². The number of rotatable bonds is 77. The topological polar surface area (TPSA) is 237 Å². The Hall–Kier alpha value is -1.94. The van der Waals surface area contributed by atoms with Gasteiger partial charge in [0.15, 0.2) is 12.2 Å². The van der Waals surface area contributed by atoms with Crippen LogP contribution in [0.5, 0.6) is 0 Å². The second-order valence-electron chi connectivity index (χ2n) is 28.2. The lowest BCUT2D eigenvalue weighted by Gasteiger charge is -2.21. The first-order valence-electron chi connectivity index (χ1n) is 40.1. The number of ether oxygens (including phenoxy) is 4. The fraction of sp³-hybridized carbons (Fsp3) is 0.948. The molecule has 0 spiro atoms. The number of aliphatic hydroxyl groups is 1. The molecule has 5 atom stereocenters. The Balaban J connectivity index is 5.24. The maximum absolute atomic E-state index is 13.1. The van der Waals surface area contributed by atoms with Crippen molar-refractivity contribution in [3.8, 4) is 0 Å². The van der Waals surface area contributed by atoms with Crippen molar-refractivity contribution in [2.75, 3.05) is 39.6 Å². The maximum Gasteiger partial charge on any atom is 0.472 e. The third kappa shape index (κ3) is 70.5. The zero-order valence-electron chi connectivity index (χ0n) is 62.5. The normalized spacial score (nSPS) is 13.9. The average Bonchev–Trinajstić information content (AvgIpc) is 1.51. The van der Waals surface area contributed by atoms with Crippen LogP contribution in [-0.2, 0) is 65.4 Å². The van der Waals surface area contributed by atoms with Crippen LogP contribution < -0.4 is 0 Å². The van der Waals surface area contributed by atoms with Crippen molar-refractivity contribution in [3.05, 3.63) is 0 Å². The molecule has 0 aliphatic heterocycles. The van der Waals surface area contributed by atoms with Crippen LogP contribution in [0.1, 0.15) is 407 Å². The van der Waals surface area contributed by atoms with Gasteiger partial charge in [-0.2, -0.15) is 0 Å². The number of esters is 4. The van der Waals surface area contributed by atoms with Gasteiger partial charge in [-0.05, 0) is 31.6 Å². The molecule has 0 rings (SSSR count). The molecule has 0 aromatic carbocycles. The number of aliphatic hydroxyl groups excluding tert-OH is 1. The van der Waals surface area contributed by atoms with Gasteiger partial charge in [-0.15, -0.1) is 0 Å². The van der Waals surface area contributed by atoms with Gasteiger partial charge in [0.25, 0.3) is 0 Å². The van der Waals surface area contributed by atoms with Gasteiger partial charge in [0.05, 0.1) is 26.4 Å². The molecule has 0 amide bonds. The summed E-state index contributed by atoms with van der Waals surface area (Å²) >= 11 is 0. The van der Waals surface area contributed by atoms with E-state index in [1.54, 1.807) is 0 Å². The molecular formula is C77H150O17P2. The van der Waals surface area contributed by atoms with E-state index in [1.807, 2.05) is 0 Å². The van der Waals surface area contributed by atoms with Crippen molar-refractivity contribution < 1.29 is 80.2 Å². The maximum atomic E-state index is 13.1. The number of unbranched alkanes of at least 4 members (excludes halogenated alkanes) is 49. The quantitative estimate of drug-likeness (QED) is 0.0222. The molecule has 0 saturated heterocycles.